The number of likely N-dealkylation sites (N-methyl/N-ethyl adjacent to an activating group) is 1. The summed E-state index contributed by atoms with van der Waals surface area (Å²) in [6.07, 6.45) is 0. The SMILES string of the molecule is CCN(CC(=O)NCc1ccc(F)cc1)C(=O)CN.Cl. The maximum atomic E-state index is 12.7. The Kier molecular flexibility index (Phi) is 8.51. The van der Waals surface area contributed by atoms with Crippen LogP contribution in [0.1, 0.15) is 12.5 Å². The highest BCUT2D eigenvalue weighted by atomic mass is 35.5. The molecule has 112 valence electrons. The van der Waals surface area contributed by atoms with Gasteiger partial charge in [0.15, 0.2) is 0 Å². The fourth-order valence-corrected chi connectivity index (χ4v) is 1.54. The van der Waals surface area contributed by atoms with Gasteiger partial charge < -0.3 is 16.0 Å². The van der Waals surface area contributed by atoms with Crippen LogP contribution in [0.25, 0.3) is 0 Å². The van der Waals surface area contributed by atoms with Gasteiger partial charge in [-0.15, -0.1) is 12.4 Å². The first-order chi connectivity index (χ1) is 9.06. The van der Waals surface area contributed by atoms with Gasteiger partial charge in [-0.3, -0.25) is 9.59 Å². The first-order valence-corrected chi connectivity index (χ1v) is 6.05. The zero-order valence-corrected chi connectivity index (χ0v) is 12.1. The second kappa shape index (κ2) is 9.28. The Balaban J connectivity index is 0.00000361. The zero-order chi connectivity index (χ0) is 14.3. The molecule has 0 radical (unpaired) electrons. The topological polar surface area (TPSA) is 75.4 Å². The van der Waals surface area contributed by atoms with Gasteiger partial charge in [0, 0.05) is 13.1 Å². The molecule has 0 saturated carbocycles. The van der Waals surface area contributed by atoms with Crippen molar-refractivity contribution in [3.05, 3.63) is 35.6 Å². The van der Waals surface area contributed by atoms with Crippen LogP contribution in [-0.2, 0) is 16.1 Å². The number of carbonyl (C=O) groups is 2. The van der Waals surface area contributed by atoms with Gasteiger partial charge in [-0.05, 0) is 24.6 Å². The van der Waals surface area contributed by atoms with E-state index in [4.69, 9.17) is 5.73 Å². The minimum Gasteiger partial charge on any atom is -0.350 e. The molecule has 0 aromatic heterocycles. The first kappa shape index (κ1) is 18.3. The highest BCUT2D eigenvalue weighted by Crippen LogP contribution is 2.02. The molecule has 20 heavy (non-hydrogen) atoms. The number of hydrogen-bond acceptors (Lipinski definition) is 3. The summed E-state index contributed by atoms with van der Waals surface area (Å²) in [7, 11) is 0. The lowest BCUT2D eigenvalue weighted by Gasteiger charge is -2.19. The number of rotatable bonds is 6. The van der Waals surface area contributed by atoms with Crippen molar-refractivity contribution in [1.82, 2.24) is 10.2 Å². The van der Waals surface area contributed by atoms with E-state index in [1.807, 2.05) is 0 Å². The van der Waals surface area contributed by atoms with E-state index in [2.05, 4.69) is 5.32 Å². The second-order valence-corrected chi connectivity index (χ2v) is 4.02. The predicted octanol–water partition coefficient (Wildman–Crippen LogP) is 0.671. The molecule has 0 spiro atoms. The third kappa shape index (κ3) is 5.99. The average molecular weight is 304 g/mol. The fraction of sp³-hybridized carbons (Fsp3) is 0.385. The Bertz CT molecular complexity index is 440. The number of amides is 2. The van der Waals surface area contributed by atoms with E-state index < -0.39 is 0 Å². The number of nitrogens with two attached hydrogens (primary N) is 1. The Morgan fingerprint density at radius 2 is 1.90 bits per heavy atom. The van der Waals surface area contributed by atoms with Crippen LogP contribution in [0.4, 0.5) is 4.39 Å². The number of hydrogen-bond donors (Lipinski definition) is 2. The molecule has 0 aliphatic heterocycles. The van der Waals surface area contributed by atoms with E-state index in [1.165, 1.54) is 17.0 Å². The molecule has 0 aliphatic carbocycles. The van der Waals surface area contributed by atoms with Gasteiger partial charge in [0.1, 0.15) is 5.82 Å². The molecule has 5 nitrogen and oxygen atoms in total. The monoisotopic (exact) mass is 303 g/mol. The van der Waals surface area contributed by atoms with Crippen LogP contribution in [0, 0.1) is 5.82 Å². The van der Waals surface area contributed by atoms with E-state index in [0.717, 1.165) is 5.56 Å². The molecule has 0 fully saturated rings. The van der Waals surface area contributed by atoms with Gasteiger partial charge in [0.2, 0.25) is 11.8 Å². The molecule has 2 amide bonds. The van der Waals surface area contributed by atoms with Crippen LogP contribution < -0.4 is 11.1 Å². The largest absolute Gasteiger partial charge is 0.350 e. The Morgan fingerprint density at radius 1 is 1.30 bits per heavy atom. The van der Waals surface area contributed by atoms with E-state index in [0.29, 0.717) is 13.1 Å². The maximum Gasteiger partial charge on any atom is 0.239 e. The summed E-state index contributed by atoms with van der Waals surface area (Å²) in [6, 6.07) is 5.85. The van der Waals surface area contributed by atoms with Gasteiger partial charge in [0.05, 0.1) is 13.1 Å². The first-order valence-electron chi connectivity index (χ1n) is 6.05. The Labute approximate surface area is 123 Å². The number of benzene rings is 1. The lowest BCUT2D eigenvalue weighted by Crippen LogP contribution is -2.42. The van der Waals surface area contributed by atoms with Crippen molar-refractivity contribution in [1.29, 1.82) is 0 Å². The highest BCUT2D eigenvalue weighted by molar-refractivity contribution is 5.85. The maximum absolute atomic E-state index is 12.7. The van der Waals surface area contributed by atoms with Gasteiger partial charge in [-0.1, -0.05) is 12.1 Å². The van der Waals surface area contributed by atoms with E-state index in [1.54, 1.807) is 19.1 Å². The normalized spacial score (nSPS) is 9.55. The molecule has 1 rings (SSSR count). The minimum atomic E-state index is -0.319. The Hall–Kier alpha value is -1.66. The second-order valence-electron chi connectivity index (χ2n) is 4.02. The summed E-state index contributed by atoms with van der Waals surface area (Å²) in [5, 5.41) is 2.67. The minimum absolute atomic E-state index is 0. The van der Waals surface area contributed by atoms with Gasteiger partial charge in [0.25, 0.3) is 0 Å². The molecule has 7 heteroatoms. The number of carbonyl (C=O) groups excluding carboxylic acids is 2. The van der Waals surface area contributed by atoms with Crippen molar-refractivity contribution in [2.45, 2.75) is 13.5 Å². The van der Waals surface area contributed by atoms with Crippen LogP contribution in [0.15, 0.2) is 24.3 Å². The van der Waals surface area contributed by atoms with Crippen molar-refractivity contribution >= 4 is 24.2 Å². The number of nitrogens with one attached hydrogen (secondary N) is 1. The number of halogens is 2. The molecule has 0 saturated heterocycles. The summed E-state index contributed by atoms with van der Waals surface area (Å²) >= 11 is 0. The molecule has 0 aliphatic rings. The van der Waals surface area contributed by atoms with Crippen molar-refractivity contribution in [3.8, 4) is 0 Å². The molecule has 3 N–H and O–H groups in total. The summed E-state index contributed by atoms with van der Waals surface area (Å²) in [5.41, 5.74) is 6.04. The molecule has 0 atom stereocenters. The molecule has 0 bridgehead atoms. The third-order valence-corrected chi connectivity index (χ3v) is 2.65. The van der Waals surface area contributed by atoms with E-state index in [9.17, 15) is 14.0 Å². The summed E-state index contributed by atoms with van der Waals surface area (Å²) in [4.78, 5) is 24.4. The summed E-state index contributed by atoms with van der Waals surface area (Å²) in [6.45, 7) is 2.38. The lowest BCUT2D eigenvalue weighted by atomic mass is 10.2. The standard InChI is InChI=1S/C13H18FN3O2.ClH/c1-2-17(13(19)7-15)9-12(18)16-8-10-3-5-11(14)6-4-10;/h3-6H,2,7-9,15H2,1H3,(H,16,18);1H. The summed E-state index contributed by atoms with van der Waals surface area (Å²) in [5.74, 6) is -0.854. The number of nitrogens with zero attached hydrogens (tertiary/aromatic N) is 1. The molecule has 0 heterocycles. The molecule has 1 aromatic carbocycles. The summed E-state index contributed by atoms with van der Waals surface area (Å²) < 4.78 is 12.7. The van der Waals surface area contributed by atoms with Crippen molar-refractivity contribution in [2.24, 2.45) is 5.73 Å². The quantitative estimate of drug-likeness (QED) is 0.811. The molecular weight excluding hydrogens is 285 g/mol. The smallest absolute Gasteiger partial charge is 0.239 e. The highest BCUT2D eigenvalue weighted by Gasteiger charge is 2.13. The predicted molar refractivity (Wildman–Crippen MR) is 76.8 cm³/mol. The van der Waals surface area contributed by atoms with E-state index in [-0.39, 0.29) is 43.1 Å². The molecule has 1 aromatic rings. The van der Waals surface area contributed by atoms with Gasteiger partial charge >= 0.3 is 0 Å². The van der Waals surface area contributed by atoms with Gasteiger partial charge in [-0.2, -0.15) is 0 Å². The van der Waals surface area contributed by atoms with Crippen LogP contribution in [-0.4, -0.2) is 36.3 Å². The third-order valence-electron chi connectivity index (χ3n) is 2.65. The van der Waals surface area contributed by atoms with Crippen LogP contribution in [0.5, 0.6) is 0 Å². The zero-order valence-electron chi connectivity index (χ0n) is 11.3. The molecular formula is C13H19ClFN3O2. The van der Waals surface area contributed by atoms with Crippen molar-refractivity contribution in [2.75, 3.05) is 19.6 Å². The van der Waals surface area contributed by atoms with Crippen molar-refractivity contribution in [3.63, 3.8) is 0 Å². The fourth-order valence-electron chi connectivity index (χ4n) is 1.54. The van der Waals surface area contributed by atoms with Gasteiger partial charge in [-0.25, -0.2) is 4.39 Å². The molecule has 0 unspecified atom stereocenters. The van der Waals surface area contributed by atoms with Crippen molar-refractivity contribution < 1.29 is 14.0 Å². The van der Waals surface area contributed by atoms with Crippen LogP contribution in [0.2, 0.25) is 0 Å². The van der Waals surface area contributed by atoms with Crippen LogP contribution in [0.3, 0.4) is 0 Å². The average Bonchev–Trinajstić information content (AvgIpc) is 2.43. The Morgan fingerprint density at radius 3 is 2.40 bits per heavy atom. The van der Waals surface area contributed by atoms with E-state index >= 15 is 0 Å². The van der Waals surface area contributed by atoms with Crippen LogP contribution >= 0.6 is 12.4 Å². The lowest BCUT2D eigenvalue weighted by molar-refractivity contribution is -0.134.